The molecule has 1 aliphatic rings. The number of nitrogens with one attached hydrogen (secondary N) is 2. The van der Waals surface area contributed by atoms with Gasteiger partial charge in [0.2, 0.25) is 0 Å². The molecule has 0 aliphatic carbocycles. The molecule has 1 aromatic heterocycles. The minimum absolute atomic E-state index is 0.00443. The van der Waals surface area contributed by atoms with Crippen molar-refractivity contribution in [1.82, 2.24) is 10.6 Å². The summed E-state index contributed by atoms with van der Waals surface area (Å²) in [4.78, 5) is 11.8. The molecule has 6 nitrogen and oxygen atoms in total. The number of rotatable bonds is 8. The van der Waals surface area contributed by atoms with Crippen LogP contribution in [0.3, 0.4) is 0 Å². The summed E-state index contributed by atoms with van der Waals surface area (Å²) in [5, 5.41) is 5.65. The smallest absolute Gasteiger partial charge is 0.314 e. The van der Waals surface area contributed by atoms with Gasteiger partial charge in [-0.15, -0.1) is 0 Å². The Hall–Kier alpha value is -2.47. The molecule has 0 bridgehead atoms. The molecule has 1 atom stereocenters. The molecular weight excluding hydrogens is 308 g/mol. The predicted octanol–water partition coefficient (Wildman–Crippen LogP) is 2.49. The number of carbonyl (C=O) groups is 1. The van der Waals surface area contributed by atoms with E-state index in [0.29, 0.717) is 26.3 Å². The lowest BCUT2D eigenvalue weighted by molar-refractivity contribution is 0.104. The average molecular weight is 330 g/mol. The van der Waals surface area contributed by atoms with E-state index in [1.54, 1.807) is 6.26 Å². The number of hydrogen-bond acceptors (Lipinski definition) is 4. The fourth-order valence-electron chi connectivity index (χ4n) is 2.58. The van der Waals surface area contributed by atoms with Crippen LogP contribution in [0.5, 0.6) is 5.75 Å². The Kier molecular flexibility index (Phi) is 5.74. The van der Waals surface area contributed by atoms with Gasteiger partial charge in [-0.2, -0.15) is 0 Å². The van der Waals surface area contributed by atoms with Crippen LogP contribution in [0.4, 0.5) is 4.79 Å². The van der Waals surface area contributed by atoms with E-state index in [9.17, 15) is 4.79 Å². The van der Waals surface area contributed by atoms with E-state index in [0.717, 1.165) is 24.4 Å². The summed E-state index contributed by atoms with van der Waals surface area (Å²) < 4.78 is 16.4. The molecule has 6 heteroatoms. The molecule has 0 spiro atoms. The Morgan fingerprint density at radius 2 is 2.12 bits per heavy atom. The van der Waals surface area contributed by atoms with Gasteiger partial charge in [0.1, 0.15) is 24.2 Å². The summed E-state index contributed by atoms with van der Waals surface area (Å²) >= 11 is 0. The van der Waals surface area contributed by atoms with Crippen LogP contribution in [0, 0.1) is 0 Å². The lowest BCUT2D eigenvalue weighted by atomic mass is 10.1. The highest BCUT2D eigenvalue weighted by Gasteiger charge is 2.22. The van der Waals surface area contributed by atoms with E-state index in [-0.39, 0.29) is 12.1 Å². The van der Waals surface area contributed by atoms with E-state index in [2.05, 4.69) is 16.7 Å². The molecule has 0 fully saturated rings. The minimum Gasteiger partial charge on any atom is -0.488 e. The van der Waals surface area contributed by atoms with Crippen LogP contribution in [0.2, 0.25) is 0 Å². The van der Waals surface area contributed by atoms with E-state index < -0.39 is 0 Å². The van der Waals surface area contributed by atoms with Gasteiger partial charge in [0, 0.05) is 19.6 Å². The second-order valence-electron chi connectivity index (χ2n) is 5.67. The van der Waals surface area contributed by atoms with Crippen LogP contribution in [0.1, 0.15) is 17.7 Å². The van der Waals surface area contributed by atoms with Crippen LogP contribution >= 0.6 is 0 Å². The Morgan fingerprint density at radius 3 is 2.96 bits per heavy atom. The molecule has 0 radical (unpaired) electrons. The van der Waals surface area contributed by atoms with Crippen molar-refractivity contribution in [3.8, 4) is 5.75 Å². The van der Waals surface area contributed by atoms with Crippen molar-refractivity contribution in [1.29, 1.82) is 0 Å². The summed E-state index contributed by atoms with van der Waals surface area (Å²) in [6.07, 6.45) is 3.21. The van der Waals surface area contributed by atoms with Crippen LogP contribution in [0.25, 0.3) is 0 Å². The topological polar surface area (TPSA) is 72.7 Å². The first-order valence-corrected chi connectivity index (χ1v) is 8.17. The van der Waals surface area contributed by atoms with Gasteiger partial charge in [0.05, 0.1) is 12.8 Å². The predicted molar refractivity (Wildman–Crippen MR) is 88.9 cm³/mol. The number of carbonyl (C=O) groups excluding carboxylic acids is 1. The number of amides is 2. The highest BCUT2D eigenvalue weighted by Crippen LogP contribution is 2.27. The van der Waals surface area contributed by atoms with Gasteiger partial charge in [-0.05, 0) is 30.2 Å². The maximum absolute atomic E-state index is 11.8. The number of para-hydroxylation sites is 1. The zero-order chi connectivity index (χ0) is 16.6. The summed E-state index contributed by atoms with van der Waals surface area (Å²) in [6.45, 7) is 2.09. The molecule has 2 heterocycles. The number of furan rings is 1. The molecule has 128 valence electrons. The quantitative estimate of drug-likeness (QED) is 0.730. The molecule has 2 N–H and O–H groups in total. The Balaban J connectivity index is 1.22. The van der Waals surface area contributed by atoms with Crippen molar-refractivity contribution < 1.29 is 18.7 Å². The molecule has 2 aromatic rings. The highest BCUT2D eigenvalue weighted by atomic mass is 16.5. The first-order chi connectivity index (χ1) is 11.8. The average Bonchev–Trinajstić information content (AvgIpc) is 3.25. The second-order valence-corrected chi connectivity index (χ2v) is 5.67. The van der Waals surface area contributed by atoms with Crippen LogP contribution < -0.4 is 15.4 Å². The Labute approximate surface area is 141 Å². The molecular formula is C18H22N2O4. The molecule has 2 amide bonds. The zero-order valence-electron chi connectivity index (χ0n) is 13.5. The molecule has 1 aromatic carbocycles. The lowest BCUT2D eigenvalue weighted by Gasteiger charge is -2.12. The number of fused-ring (bicyclic) bond motifs is 1. The Bertz CT molecular complexity index is 617. The zero-order valence-corrected chi connectivity index (χ0v) is 13.5. The molecule has 1 unspecified atom stereocenters. The third-order valence-corrected chi connectivity index (χ3v) is 3.78. The van der Waals surface area contributed by atoms with Crippen molar-refractivity contribution in [2.24, 2.45) is 0 Å². The van der Waals surface area contributed by atoms with Crippen molar-refractivity contribution in [3.63, 3.8) is 0 Å². The third-order valence-electron chi connectivity index (χ3n) is 3.78. The van der Waals surface area contributed by atoms with Gasteiger partial charge < -0.3 is 24.5 Å². The number of hydrogen-bond donors (Lipinski definition) is 2. The first kappa shape index (κ1) is 16.4. The first-order valence-electron chi connectivity index (χ1n) is 8.17. The largest absolute Gasteiger partial charge is 0.488 e. The van der Waals surface area contributed by atoms with Crippen LogP contribution in [-0.4, -0.2) is 31.8 Å². The number of benzene rings is 1. The van der Waals surface area contributed by atoms with E-state index in [1.165, 1.54) is 5.56 Å². The van der Waals surface area contributed by atoms with Gasteiger partial charge in [-0.25, -0.2) is 4.79 Å². The SMILES string of the molecule is O=C(NCCCOCc1ccco1)NCC1Cc2ccccc2O1. The summed E-state index contributed by atoms with van der Waals surface area (Å²) in [5.41, 5.74) is 1.19. The van der Waals surface area contributed by atoms with Gasteiger partial charge in [-0.3, -0.25) is 0 Å². The molecule has 1 aliphatic heterocycles. The standard InChI is InChI=1S/C18H22N2O4/c21-18(19-8-4-9-22-13-15-6-3-10-23-15)20-12-16-11-14-5-1-2-7-17(14)24-16/h1-3,5-7,10,16H,4,8-9,11-13H2,(H2,19,20,21). The van der Waals surface area contributed by atoms with Crippen molar-refractivity contribution in [2.45, 2.75) is 25.6 Å². The maximum atomic E-state index is 11.8. The second kappa shape index (κ2) is 8.40. The highest BCUT2D eigenvalue weighted by molar-refractivity contribution is 5.73. The fraction of sp³-hybridized carbons (Fsp3) is 0.389. The summed E-state index contributed by atoms with van der Waals surface area (Å²) in [7, 11) is 0. The fourth-order valence-corrected chi connectivity index (χ4v) is 2.58. The van der Waals surface area contributed by atoms with Crippen molar-refractivity contribution in [3.05, 3.63) is 54.0 Å². The van der Waals surface area contributed by atoms with Crippen molar-refractivity contribution in [2.75, 3.05) is 19.7 Å². The molecule has 3 rings (SSSR count). The van der Waals surface area contributed by atoms with Crippen LogP contribution in [-0.2, 0) is 17.8 Å². The van der Waals surface area contributed by atoms with Gasteiger partial charge >= 0.3 is 6.03 Å². The van der Waals surface area contributed by atoms with Gasteiger partial charge in [0.25, 0.3) is 0 Å². The minimum atomic E-state index is -0.180. The third kappa shape index (κ3) is 4.76. The monoisotopic (exact) mass is 330 g/mol. The van der Waals surface area contributed by atoms with Crippen LogP contribution in [0.15, 0.2) is 47.1 Å². The summed E-state index contributed by atoms with van der Waals surface area (Å²) in [5.74, 6) is 1.72. The van der Waals surface area contributed by atoms with E-state index in [4.69, 9.17) is 13.9 Å². The van der Waals surface area contributed by atoms with Gasteiger partial charge in [-0.1, -0.05) is 18.2 Å². The summed E-state index contributed by atoms with van der Waals surface area (Å²) in [6, 6.07) is 11.5. The lowest BCUT2D eigenvalue weighted by Crippen LogP contribution is -2.41. The van der Waals surface area contributed by atoms with Gasteiger partial charge in [0.15, 0.2) is 0 Å². The number of ether oxygens (including phenoxy) is 2. The number of urea groups is 1. The maximum Gasteiger partial charge on any atom is 0.314 e. The van der Waals surface area contributed by atoms with Crippen molar-refractivity contribution >= 4 is 6.03 Å². The Morgan fingerprint density at radius 1 is 1.21 bits per heavy atom. The normalized spacial score (nSPS) is 15.6. The van der Waals surface area contributed by atoms with E-state index >= 15 is 0 Å². The van der Waals surface area contributed by atoms with E-state index in [1.807, 2.05) is 30.3 Å². The molecule has 24 heavy (non-hydrogen) atoms. The molecule has 0 saturated heterocycles. The molecule has 0 saturated carbocycles.